The van der Waals surface area contributed by atoms with Crippen molar-refractivity contribution in [2.24, 2.45) is 23.7 Å². The average molecular weight is 659 g/mol. The Kier molecular flexibility index (Phi) is 13.1. The summed E-state index contributed by atoms with van der Waals surface area (Å²) in [5, 5.41) is 11.4. The molecule has 2 aliphatic heterocycles. The van der Waals surface area contributed by atoms with Crippen molar-refractivity contribution in [3.63, 3.8) is 0 Å². The molecule has 0 unspecified atom stereocenters. The second-order valence-corrected chi connectivity index (χ2v) is 13.8. The van der Waals surface area contributed by atoms with E-state index in [-0.39, 0.29) is 30.6 Å². The lowest BCUT2D eigenvalue weighted by atomic mass is 9.76. The second kappa shape index (κ2) is 16.0. The smallest absolute Gasteiger partial charge is 0.338 e. The van der Waals surface area contributed by atoms with Crippen LogP contribution < -0.4 is 0 Å². The lowest BCUT2D eigenvalue weighted by Gasteiger charge is -2.46. The van der Waals surface area contributed by atoms with E-state index in [0.717, 1.165) is 0 Å². The first-order valence-corrected chi connectivity index (χ1v) is 16.8. The minimum absolute atomic E-state index is 0.145. The number of ether oxygens (including phenoxy) is 5. The van der Waals surface area contributed by atoms with Crippen LogP contribution in [0, 0.1) is 23.7 Å². The minimum Gasteiger partial charge on any atom is -0.458 e. The maximum Gasteiger partial charge on any atom is 0.338 e. The molecule has 2 aliphatic rings. The highest BCUT2D eigenvalue weighted by Gasteiger charge is 2.50. The van der Waals surface area contributed by atoms with Crippen LogP contribution in [0.3, 0.4) is 0 Å². The molecule has 0 aliphatic carbocycles. The maximum atomic E-state index is 14.1. The van der Waals surface area contributed by atoms with Gasteiger partial charge in [0, 0.05) is 24.9 Å². The Morgan fingerprint density at radius 1 is 1.02 bits per heavy atom. The number of carbonyl (C=O) groups excluding carboxylic acids is 4. The van der Waals surface area contributed by atoms with E-state index in [0.29, 0.717) is 24.0 Å². The first kappa shape index (κ1) is 38.5. The molecule has 0 bridgehead atoms. The second-order valence-electron chi connectivity index (χ2n) is 13.8. The topological polar surface area (TPSA) is 135 Å². The number of ketones is 2. The van der Waals surface area contributed by atoms with Crippen molar-refractivity contribution in [2.75, 3.05) is 7.11 Å². The van der Waals surface area contributed by atoms with Crippen molar-refractivity contribution in [1.29, 1.82) is 0 Å². The first-order chi connectivity index (χ1) is 22.0. The van der Waals surface area contributed by atoms with E-state index in [9.17, 15) is 24.3 Å². The molecule has 2 heterocycles. The zero-order valence-electron chi connectivity index (χ0n) is 29.6. The van der Waals surface area contributed by atoms with Gasteiger partial charge in [-0.2, -0.15) is 0 Å². The van der Waals surface area contributed by atoms with E-state index >= 15 is 0 Å². The van der Waals surface area contributed by atoms with Crippen molar-refractivity contribution in [3.8, 4) is 0 Å². The number of benzene rings is 1. The maximum absolute atomic E-state index is 14.1. The van der Waals surface area contributed by atoms with Crippen molar-refractivity contribution in [3.05, 3.63) is 47.5 Å². The SMILES string of the molecule is CC/C1=C\[C@](C)(O)[C@@H](CC)OC(=O)[C@H](C)C(=O)[C@H](C)[C@@H](O[C@@H]2O[C@H](C)C[C@H](C)[C@H]2OC(=O)c2ccccc2)[C@@](C)(OC)C[C@@H](C)C1=O. The van der Waals surface area contributed by atoms with Crippen LogP contribution in [0.25, 0.3) is 0 Å². The first-order valence-electron chi connectivity index (χ1n) is 16.8. The summed E-state index contributed by atoms with van der Waals surface area (Å²) in [6.07, 6.45) is -1.33. The number of hydrogen-bond donors (Lipinski definition) is 1. The highest BCUT2D eigenvalue weighted by atomic mass is 16.7. The number of cyclic esters (lactones) is 1. The normalized spacial score (nSPS) is 38.9. The third-order valence-corrected chi connectivity index (χ3v) is 9.79. The van der Waals surface area contributed by atoms with Gasteiger partial charge < -0.3 is 28.8 Å². The Balaban J connectivity index is 2.10. The van der Waals surface area contributed by atoms with E-state index in [4.69, 9.17) is 23.7 Å². The van der Waals surface area contributed by atoms with Crippen molar-refractivity contribution in [2.45, 2.75) is 130 Å². The number of Topliss-reactive ketones (excluding diaryl/α,β-unsaturated/α-hetero) is 2. The summed E-state index contributed by atoms with van der Waals surface area (Å²) in [6, 6.07) is 8.63. The Labute approximate surface area is 279 Å². The van der Waals surface area contributed by atoms with Gasteiger partial charge in [-0.15, -0.1) is 0 Å². The van der Waals surface area contributed by atoms with Crippen LogP contribution in [0.2, 0.25) is 0 Å². The number of hydrogen-bond acceptors (Lipinski definition) is 10. The van der Waals surface area contributed by atoms with E-state index in [1.165, 1.54) is 27.0 Å². The molecule has 0 radical (unpaired) electrons. The predicted octanol–water partition coefficient (Wildman–Crippen LogP) is 5.63. The number of esters is 2. The van der Waals surface area contributed by atoms with Gasteiger partial charge in [0.15, 0.2) is 24.0 Å². The van der Waals surface area contributed by atoms with Crippen LogP contribution in [-0.2, 0) is 38.1 Å². The third kappa shape index (κ3) is 8.96. The molecule has 1 aromatic carbocycles. The molecule has 1 aromatic rings. The number of allylic oxidation sites excluding steroid dienone is 1. The lowest BCUT2D eigenvalue weighted by Crippen LogP contribution is -2.57. The molecule has 3 rings (SSSR count). The van der Waals surface area contributed by atoms with Crippen molar-refractivity contribution >= 4 is 23.5 Å². The fourth-order valence-corrected chi connectivity index (χ4v) is 6.91. The molecule has 10 nitrogen and oxygen atoms in total. The summed E-state index contributed by atoms with van der Waals surface area (Å²) >= 11 is 0. The molecule has 0 amide bonds. The summed E-state index contributed by atoms with van der Waals surface area (Å²) in [5.74, 6) is -4.89. The van der Waals surface area contributed by atoms with Crippen LogP contribution >= 0.6 is 0 Å². The van der Waals surface area contributed by atoms with Gasteiger partial charge >= 0.3 is 11.9 Å². The molecule has 1 N–H and O–H groups in total. The molecule has 10 heteroatoms. The predicted molar refractivity (Wildman–Crippen MR) is 175 cm³/mol. The van der Waals surface area contributed by atoms with E-state index in [1.54, 1.807) is 58.0 Å². The Morgan fingerprint density at radius 3 is 2.23 bits per heavy atom. The van der Waals surface area contributed by atoms with Crippen molar-refractivity contribution < 1.29 is 48.0 Å². The van der Waals surface area contributed by atoms with Gasteiger partial charge in [-0.1, -0.05) is 52.8 Å². The fraction of sp³-hybridized carbons (Fsp3) is 0.676. The van der Waals surface area contributed by atoms with E-state index in [2.05, 4.69) is 0 Å². The molecule has 0 spiro atoms. The summed E-state index contributed by atoms with van der Waals surface area (Å²) in [7, 11) is 1.48. The summed E-state index contributed by atoms with van der Waals surface area (Å²) in [5.41, 5.74) is -2.11. The standard InChI is InChI=1S/C37H54O10/c1-11-26-20-36(8,42)28(12-2)45-33(40)25(7)30(39)24(6)32(37(9,43-10)19-22(4)29(26)38)47-35-31(21(3)18-23(5)44-35)46-34(41)27-16-14-13-15-17-27/h13-17,20-25,28,31-32,35,42H,11-12,18-19H2,1-10H3/b26-20+/t21-,22+,23+,24-,25+,28+,31+,32+,35-,36-,37-/m0/s1. The largest absolute Gasteiger partial charge is 0.458 e. The van der Waals surface area contributed by atoms with E-state index < -0.39 is 71.3 Å². The van der Waals surface area contributed by atoms with Crippen LogP contribution in [0.15, 0.2) is 42.0 Å². The van der Waals surface area contributed by atoms with Gasteiger partial charge in [-0.3, -0.25) is 14.4 Å². The molecule has 0 saturated carbocycles. The molecule has 0 aromatic heterocycles. The molecule has 47 heavy (non-hydrogen) atoms. The minimum atomic E-state index is -1.64. The lowest BCUT2D eigenvalue weighted by molar-refractivity contribution is -0.294. The van der Waals surface area contributed by atoms with Gasteiger partial charge in [-0.05, 0) is 77.2 Å². The highest BCUT2D eigenvalue weighted by Crippen LogP contribution is 2.38. The van der Waals surface area contributed by atoms with Gasteiger partial charge in [0.05, 0.1) is 23.4 Å². The monoisotopic (exact) mass is 658 g/mol. The van der Waals surface area contributed by atoms with E-state index in [1.807, 2.05) is 20.8 Å². The Hall–Kier alpha value is -2.92. The fourth-order valence-electron chi connectivity index (χ4n) is 6.91. The molecule has 262 valence electrons. The Bertz CT molecular complexity index is 1290. The van der Waals surface area contributed by atoms with Crippen LogP contribution in [0.1, 0.15) is 98.4 Å². The Morgan fingerprint density at radius 2 is 1.66 bits per heavy atom. The summed E-state index contributed by atoms with van der Waals surface area (Å²) in [4.78, 5) is 54.5. The van der Waals surface area contributed by atoms with Crippen LogP contribution in [0.5, 0.6) is 0 Å². The van der Waals surface area contributed by atoms with Gasteiger partial charge in [0.2, 0.25) is 0 Å². The number of aliphatic hydroxyl groups is 1. The molecular weight excluding hydrogens is 604 g/mol. The van der Waals surface area contributed by atoms with Crippen molar-refractivity contribution in [1.82, 2.24) is 0 Å². The van der Waals surface area contributed by atoms with Crippen LogP contribution in [-0.4, -0.2) is 77.6 Å². The molecule has 1 saturated heterocycles. The van der Waals surface area contributed by atoms with Gasteiger partial charge in [0.1, 0.15) is 17.6 Å². The van der Waals surface area contributed by atoms with Gasteiger partial charge in [-0.25, -0.2) is 4.79 Å². The average Bonchev–Trinajstić information content (AvgIpc) is 3.04. The molecule has 11 atom stereocenters. The quantitative estimate of drug-likeness (QED) is 0.290. The number of rotatable bonds is 7. The highest BCUT2D eigenvalue weighted by molar-refractivity contribution is 6.00. The summed E-state index contributed by atoms with van der Waals surface area (Å²) < 4.78 is 30.8. The van der Waals surface area contributed by atoms with Crippen LogP contribution in [0.4, 0.5) is 0 Å². The summed E-state index contributed by atoms with van der Waals surface area (Å²) in [6.45, 7) is 15.6. The number of methoxy groups -OCH3 is 1. The zero-order valence-corrected chi connectivity index (χ0v) is 29.6. The third-order valence-electron chi connectivity index (χ3n) is 9.79. The molecular formula is C37H54O10. The molecule has 1 fully saturated rings. The zero-order chi connectivity index (χ0) is 35.3. The van der Waals surface area contributed by atoms with Gasteiger partial charge in [0.25, 0.3) is 0 Å². The number of carbonyl (C=O) groups is 4.